The number of hydrogen-bond acceptors (Lipinski definition) is 16. The van der Waals surface area contributed by atoms with Crippen LogP contribution in [0.15, 0.2) is 60.2 Å². The minimum Gasteiger partial charge on any atom is -0.495 e. The minimum atomic E-state index is -1.89. The lowest BCUT2D eigenvalue weighted by atomic mass is 9.87. The number of carbonyl (C=O) groups is 9. The second-order valence-electron chi connectivity index (χ2n) is 21.7. The average molecular weight is 1200 g/mol. The molecule has 2 fully saturated rings. The van der Waals surface area contributed by atoms with E-state index in [4.69, 9.17) is 45.8 Å². The molecule has 0 saturated carbocycles. The maximum atomic E-state index is 14.3. The summed E-state index contributed by atoms with van der Waals surface area (Å²) in [7, 11) is 7.22. The molecule has 0 radical (unpaired) electrons. The van der Waals surface area contributed by atoms with Crippen LogP contribution in [0, 0.1) is 11.8 Å². The molecule has 2 aromatic rings. The van der Waals surface area contributed by atoms with E-state index in [1.165, 1.54) is 52.1 Å². The largest absolute Gasteiger partial charge is 0.495 e. The number of ether oxygens (including phenoxy) is 6. The Morgan fingerprint density at radius 2 is 1.70 bits per heavy atom. The van der Waals surface area contributed by atoms with Gasteiger partial charge in [-0.05, 0) is 80.8 Å². The van der Waals surface area contributed by atoms with Crippen LogP contribution in [0.2, 0.25) is 5.02 Å². The first-order valence-corrected chi connectivity index (χ1v) is 28.3. The van der Waals surface area contributed by atoms with Gasteiger partial charge in [0.2, 0.25) is 29.5 Å². The average Bonchev–Trinajstić information content (AvgIpc) is 3.64. The van der Waals surface area contributed by atoms with Crippen molar-refractivity contribution in [3.05, 3.63) is 76.3 Å². The van der Waals surface area contributed by atoms with E-state index in [9.17, 15) is 48.3 Å². The fourth-order valence-corrected chi connectivity index (χ4v) is 9.92. The van der Waals surface area contributed by atoms with Crippen LogP contribution in [0.5, 0.6) is 5.75 Å². The van der Waals surface area contributed by atoms with Gasteiger partial charge in [-0.3, -0.25) is 29.3 Å². The van der Waals surface area contributed by atoms with Gasteiger partial charge in [0.15, 0.2) is 5.72 Å². The number of nitrogens with two attached hydrogens (primary N) is 1. The van der Waals surface area contributed by atoms with Crippen LogP contribution in [-0.2, 0) is 65.5 Å². The van der Waals surface area contributed by atoms with Crippen LogP contribution in [0.3, 0.4) is 0 Å². The molecule has 2 saturated heterocycles. The maximum Gasteiger partial charge on any atom is 0.409 e. The number of epoxide rings is 1. The Morgan fingerprint density at radius 1 is 1.00 bits per heavy atom. The number of aliphatic hydroxyl groups is 1. The molecule has 10 atom stereocenters. The van der Waals surface area contributed by atoms with Gasteiger partial charge in [-0.15, -0.1) is 0 Å². The monoisotopic (exact) mass is 1200 g/mol. The van der Waals surface area contributed by atoms with Gasteiger partial charge in [0.25, 0.3) is 0 Å². The number of esters is 1. The molecule has 4 bridgehead atoms. The van der Waals surface area contributed by atoms with E-state index >= 15 is 0 Å². The standard InChI is InChI=1S/C58H82ClN9O16/c1-12-15-45(69)64-49(32(2)3)53(73)63-39(17-14-24-61-55(60)75)52(72)62-38-21-19-36(20-22-38)31-81-57(77)66(7)25-23-46(70)67(8)35(6)54(74)82-42-29-47(71)68(9)40-27-37(28-41(79-10)48(40)59)26-33(4)16-13-18-44(80-11)58(78)30-43(83-56(76)65-58)34(5)50-51(42)84-50/h13,16,18-22,27-28,32,34-35,39,42-44,49-51,78H,12,14-15,17,23-26,29-31H2,1-11H3,(H,62,72)(H,63,73)(H,64,69)(H,65,76)(H3,60,61,75)/b18-13+,33-16+/t34-,35+,39+,42?,43+,44-,49+,50+,51+,58+/m1/s1. The lowest BCUT2D eigenvalue weighted by molar-refractivity contribution is -0.160. The predicted molar refractivity (Wildman–Crippen MR) is 309 cm³/mol. The van der Waals surface area contributed by atoms with Gasteiger partial charge in [0.05, 0.1) is 25.3 Å². The number of amides is 9. The van der Waals surface area contributed by atoms with Crippen molar-refractivity contribution in [2.75, 3.05) is 58.7 Å². The van der Waals surface area contributed by atoms with E-state index in [-0.39, 0.29) is 62.2 Å². The van der Waals surface area contributed by atoms with Crippen LogP contribution in [0.4, 0.5) is 25.8 Å². The third kappa shape index (κ3) is 18.8. The van der Waals surface area contributed by atoms with Crippen LogP contribution >= 0.6 is 11.6 Å². The van der Waals surface area contributed by atoms with Gasteiger partial charge in [-0.2, -0.15) is 0 Å². The van der Waals surface area contributed by atoms with Gasteiger partial charge in [-0.25, -0.2) is 19.2 Å². The highest BCUT2D eigenvalue weighted by atomic mass is 35.5. The van der Waals surface area contributed by atoms with Gasteiger partial charge in [0, 0.05) is 72.2 Å². The van der Waals surface area contributed by atoms with Crippen molar-refractivity contribution in [2.24, 2.45) is 17.6 Å². The second-order valence-corrected chi connectivity index (χ2v) is 22.1. The Kier molecular flexibility index (Phi) is 24.8. The zero-order valence-electron chi connectivity index (χ0n) is 49.6. The maximum absolute atomic E-state index is 14.3. The number of urea groups is 1. The summed E-state index contributed by atoms with van der Waals surface area (Å²) in [5.41, 5.74) is 6.18. The SMILES string of the molecule is CCCC(=O)N[C@H](C(=O)N[C@@H](CCCNC(N)=O)C(=O)Nc1ccc(COC(=O)N(C)CCC(=O)N(C)[C@@H](C)C(=O)OC2CC(=O)N(C)c3cc(cc(OC)c3Cl)C/C(C)=C/C=C/[C@@H](OC)[C@@]3(O)C[C@H](OC(=O)N3)[C@@H](C)[C@@H]3O[C@@H]23)cc1)C(C)C. The summed E-state index contributed by atoms with van der Waals surface area (Å²) in [6, 6.07) is 6.03. The van der Waals surface area contributed by atoms with Gasteiger partial charge >= 0.3 is 24.2 Å². The number of anilines is 2. The molecule has 9 amide bonds. The first-order valence-electron chi connectivity index (χ1n) is 27.9. The van der Waals surface area contributed by atoms with Gasteiger partial charge in [0.1, 0.15) is 59.9 Å². The number of nitrogens with one attached hydrogen (secondary N) is 5. The van der Waals surface area contributed by atoms with Gasteiger partial charge < -0.3 is 75.2 Å². The molecule has 3 heterocycles. The van der Waals surface area contributed by atoms with E-state index in [0.29, 0.717) is 42.0 Å². The highest BCUT2D eigenvalue weighted by molar-refractivity contribution is 6.35. The lowest BCUT2D eigenvalue weighted by Gasteiger charge is -2.41. The number of methoxy groups -OCH3 is 2. The minimum absolute atomic E-state index is 0.102. The third-order valence-corrected chi connectivity index (χ3v) is 15.3. The summed E-state index contributed by atoms with van der Waals surface area (Å²) in [5.74, 6) is -3.84. The molecular formula is C58H82ClN9O16. The number of carbonyl (C=O) groups excluding carboxylic acids is 9. The number of benzene rings is 2. The van der Waals surface area contributed by atoms with E-state index in [1.807, 2.05) is 19.9 Å². The van der Waals surface area contributed by atoms with Crippen molar-refractivity contribution in [3.63, 3.8) is 0 Å². The second kappa shape index (κ2) is 30.9. The molecule has 84 heavy (non-hydrogen) atoms. The summed E-state index contributed by atoms with van der Waals surface area (Å²) >= 11 is 6.80. The summed E-state index contributed by atoms with van der Waals surface area (Å²) in [6.45, 7) is 10.4. The molecule has 0 aromatic heterocycles. The number of likely N-dealkylation sites (N-methyl/N-ethyl adjacent to an activating group) is 1. The number of rotatable bonds is 22. The summed E-state index contributed by atoms with van der Waals surface area (Å²) < 4.78 is 34.6. The molecule has 1 unspecified atom stereocenters. The molecule has 2 aromatic carbocycles. The predicted octanol–water partition coefficient (Wildman–Crippen LogP) is 4.60. The lowest BCUT2D eigenvalue weighted by Crippen LogP contribution is -2.63. The number of fused-ring (bicyclic) bond motifs is 5. The number of allylic oxidation sites excluding steroid dienone is 3. The Labute approximate surface area is 494 Å². The van der Waals surface area contributed by atoms with Crippen molar-refractivity contribution >= 4 is 76.7 Å². The molecule has 462 valence electrons. The molecule has 0 spiro atoms. The summed E-state index contributed by atoms with van der Waals surface area (Å²) in [5, 5.41) is 25.2. The van der Waals surface area contributed by atoms with Gasteiger partial charge in [-0.1, -0.05) is 75.2 Å². The van der Waals surface area contributed by atoms with Crippen LogP contribution < -0.4 is 42.0 Å². The molecular weight excluding hydrogens is 1110 g/mol. The molecule has 25 nitrogen and oxygen atoms in total. The fourth-order valence-electron chi connectivity index (χ4n) is 9.61. The summed E-state index contributed by atoms with van der Waals surface area (Å²) in [4.78, 5) is 122. The van der Waals surface area contributed by atoms with Crippen molar-refractivity contribution < 1.29 is 76.7 Å². The summed E-state index contributed by atoms with van der Waals surface area (Å²) in [6.07, 6.45) is -0.293. The van der Waals surface area contributed by atoms with Crippen LogP contribution in [0.25, 0.3) is 0 Å². The molecule has 0 aliphatic carbocycles. The molecule has 3 aliphatic heterocycles. The first-order chi connectivity index (χ1) is 39.7. The topological polar surface area (TPSA) is 328 Å². The molecule has 3 aliphatic rings. The molecule has 5 rings (SSSR count). The first kappa shape index (κ1) is 67.3. The smallest absolute Gasteiger partial charge is 0.409 e. The Bertz CT molecular complexity index is 2760. The van der Waals surface area contributed by atoms with Crippen molar-refractivity contribution in [1.82, 2.24) is 31.1 Å². The Hall–Kier alpha value is -7.48. The number of alkyl carbamates (subject to hydrolysis) is 1. The zero-order valence-corrected chi connectivity index (χ0v) is 50.4. The Morgan fingerprint density at radius 3 is 2.35 bits per heavy atom. The number of nitrogens with zero attached hydrogens (tertiary/aromatic N) is 3. The Balaban J connectivity index is 1.20. The van der Waals surface area contributed by atoms with Crippen LogP contribution in [0.1, 0.15) is 97.6 Å². The normalized spacial score (nSPS) is 23.5. The number of hydrogen-bond donors (Lipinski definition) is 7. The van der Waals surface area contributed by atoms with E-state index in [2.05, 4.69) is 26.6 Å². The molecule has 8 N–H and O–H groups in total. The van der Waals surface area contributed by atoms with E-state index in [0.717, 1.165) is 16.0 Å². The highest BCUT2D eigenvalue weighted by Gasteiger charge is 2.56. The zero-order chi connectivity index (χ0) is 62.2. The molecule has 26 heteroatoms. The van der Waals surface area contributed by atoms with Crippen molar-refractivity contribution in [1.29, 1.82) is 0 Å². The van der Waals surface area contributed by atoms with E-state index < -0.39 is 115 Å². The highest BCUT2D eigenvalue weighted by Crippen LogP contribution is 2.42. The van der Waals surface area contributed by atoms with Crippen molar-refractivity contribution in [3.8, 4) is 5.75 Å². The number of halogens is 1. The third-order valence-electron chi connectivity index (χ3n) is 14.9. The quantitative estimate of drug-likeness (QED) is 0.0367. The fraction of sp³-hybridized carbons (Fsp3) is 0.569. The van der Waals surface area contributed by atoms with Crippen LogP contribution in [-0.4, -0.2) is 171 Å². The van der Waals surface area contributed by atoms with E-state index in [1.54, 1.807) is 69.3 Å². The number of primary amides is 1. The van der Waals surface area contributed by atoms with Crippen molar-refractivity contribution in [2.45, 2.75) is 154 Å².